The summed E-state index contributed by atoms with van der Waals surface area (Å²) >= 11 is 0. The van der Waals surface area contributed by atoms with Gasteiger partial charge in [0, 0.05) is 26.6 Å². The second kappa shape index (κ2) is 6.91. The SMILES string of the molecule is CCOc1ccc(CN(C)C(=O)CCN)cc1. The van der Waals surface area contributed by atoms with Crippen LogP contribution in [0.25, 0.3) is 0 Å². The fourth-order valence-electron chi connectivity index (χ4n) is 1.53. The van der Waals surface area contributed by atoms with E-state index in [2.05, 4.69) is 0 Å². The van der Waals surface area contributed by atoms with Gasteiger partial charge >= 0.3 is 0 Å². The molecular formula is C13H20N2O2. The zero-order valence-corrected chi connectivity index (χ0v) is 10.5. The fourth-order valence-corrected chi connectivity index (χ4v) is 1.53. The van der Waals surface area contributed by atoms with E-state index in [-0.39, 0.29) is 5.91 Å². The minimum absolute atomic E-state index is 0.0707. The van der Waals surface area contributed by atoms with E-state index in [0.29, 0.717) is 26.1 Å². The molecule has 1 aromatic rings. The molecule has 94 valence electrons. The predicted molar refractivity (Wildman–Crippen MR) is 67.8 cm³/mol. The van der Waals surface area contributed by atoms with Crippen LogP contribution in [0.15, 0.2) is 24.3 Å². The smallest absolute Gasteiger partial charge is 0.223 e. The van der Waals surface area contributed by atoms with Gasteiger partial charge in [0.15, 0.2) is 0 Å². The van der Waals surface area contributed by atoms with Crippen LogP contribution in [0.2, 0.25) is 0 Å². The summed E-state index contributed by atoms with van der Waals surface area (Å²) in [5, 5.41) is 0. The maximum absolute atomic E-state index is 11.5. The highest BCUT2D eigenvalue weighted by Gasteiger charge is 2.07. The Balaban J connectivity index is 2.53. The molecule has 1 rings (SSSR count). The molecule has 4 nitrogen and oxygen atoms in total. The molecule has 0 spiro atoms. The lowest BCUT2D eigenvalue weighted by atomic mass is 10.2. The summed E-state index contributed by atoms with van der Waals surface area (Å²) in [6.07, 6.45) is 0.396. The maximum atomic E-state index is 11.5. The van der Waals surface area contributed by atoms with Gasteiger partial charge in [-0.15, -0.1) is 0 Å². The minimum Gasteiger partial charge on any atom is -0.494 e. The first-order valence-electron chi connectivity index (χ1n) is 5.83. The van der Waals surface area contributed by atoms with Gasteiger partial charge in [-0.25, -0.2) is 0 Å². The van der Waals surface area contributed by atoms with Crippen LogP contribution in [0, 0.1) is 0 Å². The van der Waals surface area contributed by atoms with Crippen LogP contribution >= 0.6 is 0 Å². The molecule has 0 unspecified atom stereocenters. The Morgan fingerprint density at radius 1 is 1.35 bits per heavy atom. The second-order valence-corrected chi connectivity index (χ2v) is 3.87. The molecule has 0 saturated carbocycles. The first-order chi connectivity index (χ1) is 8.17. The molecule has 4 heteroatoms. The minimum atomic E-state index is 0.0707. The molecule has 0 aliphatic carbocycles. The Hall–Kier alpha value is -1.55. The van der Waals surface area contributed by atoms with Gasteiger partial charge in [-0.05, 0) is 24.6 Å². The van der Waals surface area contributed by atoms with Gasteiger partial charge in [0.1, 0.15) is 5.75 Å². The van der Waals surface area contributed by atoms with Crippen LogP contribution in [-0.2, 0) is 11.3 Å². The number of rotatable bonds is 6. The molecule has 2 N–H and O–H groups in total. The van der Waals surface area contributed by atoms with E-state index in [0.717, 1.165) is 11.3 Å². The van der Waals surface area contributed by atoms with Crippen molar-refractivity contribution in [2.45, 2.75) is 19.9 Å². The third kappa shape index (κ3) is 4.44. The van der Waals surface area contributed by atoms with E-state index in [1.807, 2.05) is 31.2 Å². The molecule has 1 aromatic carbocycles. The van der Waals surface area contributed by atoms with Gasteiger partial charge in [-0.1, -0.05) is 12.1 Å². The molecule has 0 radical (unpaired) electrons. The van der Waals surface area contributed by atoms with Crippen molar-refractivity contribution in [1.29, 1.82) is 0 Å². The number of amides is 1. The second-order valence-electron chi connectivity index (χ2n) is 3.87. The Labute approximate surface area is 102 Å². The Bertz CT molecular complexity index is 349. The van der Waals surface area contributed by atoms with Gasteiger partial charge in [0.25, 0.3) is 0 Å². The average molecular weight is 236 g/mol. The average Bonchev–Trinajstić information content (AvgIpc) is 2.32. The lowest BCUT2D eigenvalue weighted by Gasteiger charge is -2.17. The first-order valence-corrected chi connectivity index (χ1v) is 5.83. The number of carbonyl (C=O) groups excluding carboxylic acids is 1. The van der Waals surface area contributed by atoms with Crippen LogP contribution < -0.4 is 10.5 Å². The van der Waals surface area contributed by atoms with E-state index in [9.17, 15) is 4.79 Å². The number of nitrogens with zero attached hydrogens (tertiary/aromatic N) is 1. The number of hydrogen-bond donors (Lipinski definition) is 1. The van der Waals surface area contributed by atoms with Gasteiger partial charge < -0.3 is 15.4 Å². The van der Waals surface area contributed by atoms with E-state index < -0.39 is 0 Å². The zero-order chi connectivity index (χ0) is 12.7. The van der Waals surface area contributed by atoms with Crippen molar-refractivity contribution in [3.05, 3.63) is 29.8 Å². The topological polar surface area (TPSA) is 55.6 Å². The number of benzene rings is 1. The Kier molecular flexibility index (Phi) is 5.49. The summed E-state index contributed by atoms with van der Waals surface area (Å²) in [6, 6.07) is 7.77. The quantitative estimate of drug-likeness (QED) is 0.812. The summed E-state index contributed by atoms with van der Waals surface area (Å²) in [4.78, 5) is 13.2. The van der Waals surface area contributed by atoms with E-state index in [1.165, 1.54) is 0 Å². The molecule has 1 amide bonds. The third-order valence-corrected chi connectivity index (χ3v) is 2.44. The van der Waals surface area contributed by atoms with Crippen LogP contribution in [0.4, 0.5) is 0 Å². The zero-order valence-electron chi connectivity index (χ0n) is 10.5. The molecular weight excluding hydrogens is 216 g/mol. The maximum Gasteiger partial charge on any atom is 0.223 e. The molecule has 17 heavy (non-hydrogen) atoms. The van der Waals surface area contributed by atoms with Crippen molar-refractivity contribution in [1.82, 2.24) is 4.90 Å². The molecule has 0 bridgehead atoms. The molecule has 0 atom stereocenters. The molecule has 0 aliphatic rings. The van der Waals surface area contributed by atoms with Gasteiger partial charge in [-0.3, -0.25) is 4.79 Å². The third-order valence-electron chi connectivity index (χ3n) is 2.44. The van der Waals surface area contributed by atoms with Crippen molar-refractivity contribution < 1.29 is 9.53 Å². The van der Waals surface area contributed by atoms with Gasteiger partial charge in [-0.2, -0.15) is 0 Å². The summed E-state index contributed by atoms with van der Waals surface area (Å²) < 4.78 is 5.35. The normalized spacial score (nSPS) is 10.1. The van der Waals surface area contributed by atoms with Crippen LogP contribution in [0.5, 0.6) is 5.75 Å². The van der Waals surface area contributed by atoms with Crippen molar-refractivity contribution in [2.75, 3.05) is 20.2 Å². The van der Waals surface area contributed by atoms with Crippen LogP contribution in [0.1, 0.15) is 18.9 Å². The number of carbonyl (C=O) groups is 1. The van der Waals surface area contributed by atoms with E-state index >= 15 is 0 Å². The summed E-state index contributed by atoms with van der Waals surface area (Å²) in [5.74, 6) is 0.925. The molecule has 0 fully saturated rings. The molecule has 0 saturated heterocycles. The highest BCUT2D eigenvalue weighted by Crippen LogP contribution is 2.13. The molecule has 0 aliphatic heterocycles. The predicted octanol–water partition coefficient (Wildman–Crippen LogP) is 1.39. The monoisotopic (exact) mass is 236 g/mol. The first kappa shape index (κ1) is 13.5. The van der Waals surface area contributed by atoms with Gasteiger partial charge in [0.2, 0.25) is 5.91 Å². The number of ether oxygens (including phenoxy) is 1. The highest BCUT2D eigenvalue weighted by atomic mass is 16.5. The van der Waals surface area contributed by atoms with Crippen molar-refractivity contribution in [3.63, 3.8) is 0 Å². The van der Waals surface area contributed by atoms with E-state index in [1.54, 1.807) is 11.9 Å². The van der Waals surface area contributed by atoms with Crippen molar-refractivity contribution in [3.8, 4) is 5.75 Å². The fraction of sp³-hybridized carbons (Fsp3) is 0.462. The van der Waals surface area contributed by atoms with E-state index in [4.69, 9.17) is 10.5 Å². The molecule has 0 heterocycles. The van der Waals surface area contributed by atoms with Crippen LogP contribution in [-0.4, -0.2) is 31.0 Å². The lowest BCUT2D eigenvalue weighted by Crippen LogP contribution is -2.27. The highest BCUT2D eigenvalue weighted by molar-refractivity contribution is 5.76. The van der Waals surface area contributed by atoms with Crippen molar-refractivity contribution >= 4 is 5.91 Å². The van der Waals surface area contributed by atoms with Crippen molar-refractivity contribution in [2.24, 2.45) is 5.73 Å². The van der Waals surface area contributed by atoms with Crippen LogP contribution in [0.3, 0.4) is 0 Å². The largest absolute Gasteiger partial charge is 0.494 e. The standard InChI is InChI=1S/C13H20N2O2/c1-3-17-12-6-4-11(5-7-12)10-15(2)13(16)8-9-14/h4-7H,3,8-10,14H2,1-2H3. The summed E-state index contributed by atoms with van der Waals surface area (Å²) in [7, 11) is 1.79. The number of hydrogen-bond acceptors (Lipinski definition) is 3. The Morgan fingerprint density at radius 2 is 2.00 bits per heavy atom. The summed E-state index contributed by atoms with van der Waals surface area (Å²) in [6.45, 7) is 3.61. The lowest BCUT2D eigenvalue weighted by molar-refractivity contribution is -0.130. The van der Waals surface area contributed by atoms with Gasteiger partial charge in [0.05, 0.1) is 6.61 Å². The number of nitrogens with two attached hydrogens (primary N) is 1. The summed E-state index contributed by atoms with van der Waals surface area (Å²) in [5.41, 5.74) is 6.43. The molecule has 0 aromatic heterocycles. The Morgan fingerprint density at radius 3 is 2.53 bits per heavy atom.